The Hall–Kier alpha value is -3.82. The Morgan fingerprint density at radius 1 is 1.32 bits per heavy atom. The van der Waals surface area contributed by atoms with E-state index in [1.165, 1.54) is 11.8 Å². The van der Waals surface area contributed by atoms with E-state index < -0.39 is 41.7 Å². The van der Waals surface area contributed by atoms with E-state index in [4.69, 9.17) is 21.4 Å². The molecule has 0 aromatic carbocycles. The first-order valence-corrected chi connectivity index (χ1v) is 13.3. The van der Waals surface area contributed by atoms with Gasteiger partial charge in [-0.05, 0) is 16.0 Å². The number of nitrogens with one attached hydrogen (secondary N) is 1. The first-order valence-electron chi connectivity index (χ1n) is 10.5. The molecule has 21 heteroatoms. The van der Waals surface area contributed by atoms with Crippen LogP contribution >= 0.6 is 35.1 Å². The summed E-state index contributed by atoms with van der Waals surface area (Å²) in [4.78, 5) is 59.0. The van der Waals surface area contributed by atoms with Gasteiger partial charge in [-0.15, -0.1) is 16.9 Å². The van der Waals surface area contributed by atoms with Crippen LogP contribution in [0.5, 0.6) is 0 Å². The van der Waals surface area contributed by atoms with Crippen molar-refractivity contribution in [2.75, 3.05) is 30.4 Å². The van der Waals surface area contributed by atoms with Gasteiger partial charge >= 0.3 is 11.9 Å². The zero-order valence-electron chi connectivity index (χ0n) is 19.1. The van der Waals surface area contributed by atoms with E-state index in [1.54, 1.807) is 0 Å². The summed E-state index contributed by atoms with van der Waals surface area (Å²) in [5, 5.41) is 35.4. The molecule has 2 amide bonds. The highest BCUT2D eigenvalue weighted by atomic mass is 32.2. The normalized spacial score (nSPS) is 19.1. The Morgan fingerprint density at radius 2 is 2.11 bits per heavy atom. The van der Waals surface area contributed by atoms with Gasteiger partial charge in [-0.1, -0.05) is 16.9 Å². The average molecular weight is 586 g/mol. The number of nitrogens with two attached hydrogens (primary N) is 2. The van der Waals surface area contributed by atoms with Gasteiger partial charge in [0.1, 0.15) is 30.3 Å². The number of tetrazole rings is 1. The molecule has 7 N–H and O–H groups in total. The molecule has 2 atom stereocenters. The molecular weight excluding hydrogens is 566 g/mol. The summed E-state index contributed by atoms with van der Waals surface area (Å²) in [6.45, 7) is -0.311. The van der Waals surface area contributed by atoms with Gasteiger partial charge in [0.05, 0.1) is 0 Å². The molecule has 2 aliphatic heterocycles. The Labute approximate surface area is 225 Å². The number of fused-ring (bicyclic) bond motifs is 1. The van der Waals surface area contributed by atoms with E-state index in [0.29, 0.717) is 5.57 Å². The van der Waals surface area contributed by atoms with Crippen LogP contribution in [0.1, 0.15) is 5.82 Å². The summed E-state index contributed by atoms with van der Waals surface area (Å²) in [5.74, 6) is -3.71. The minimum Gasteiger partial charge on any atom is -0.480 e. The Balaban J connectivity index is 1.48. The second-order valence-electron chi connectivity index (χ2n) is 7.44. The van der Waals surface area contributed by atoms with Gasteiger partial charge in [-0.25, -0.2) is 9.48 Å². The predicted octanol–water partition coefficient (Wildman–Crippen LogP) is -2.60. The van der Waals surface area contributed by atoms with Crippen LogP contribution < -0.4 is 16.8 Å². The number of nitrogen functional groups attached to an aromatic ring is 1. The minimum absolute atomic E-state index is 0.0151. The number of oxime groups is 1. The SMILES string of the molecule is NCCO/N=C(/C(=O)NC1C(=O)N2C(C(=O)O)=C(CSc3nnnn3CC(=O)O)CS[C@H]12)c1nsc(N)n1. The fourth-order valence-corrected chi connectivity index (χ4v) is 6.16. The van der Waals surface area contributed by atoms with Crippen LogP contribution in [0.3, 0.4) is 0 Å². The number of aliphatic carboxylic acids is 2. The van der Waals surface area contributed by atoms with Gasteiger partial charge in [0.15, 0.2) is 5.13 Å². The van der Waals surface area contributed by atoms with Gasteiger partial charge < -0.3 is 31.8 Å². The average Bonchev–Trinajstić information content (AvgIpc) is 3.50. The van der Waals surface area contributed by atoms with E-state index >= 15 is 0 Å². The number of amides is 2. The summed E-state index contributed by atoms with van der Waals surface area (Å²) in [7, 11) is 0. The lowest BCUT2D eigenvalue weighted by Gasteiger charge is -2.49. The zero-order valence-corrected chi connectivity index (χ0v) is 21.5. The van der Waals surface area contributed by atoms with Crippen molar-refractivity contribution in [2.45, 2.75) is 23.1 Å². The molecule has 202 valence electrons. The monoisotopic (exact) mass is 585 g/mol. The number of carbonyl (C=O) groups is 4. The van der Waals surface area contributed by atoms with Crippen LogP contribution in [0.15, 0.2) is 21.6 Å². The standard InChI is InChI=1S/C17H19N11O7S3/c18-1-2-35-23-8(11-21-16(19)38-24-11)12(31)20-9-13(32)28-10(15(33)34)6(4-36-14(9)28)5-37-17-22-25-26-27(17)3-7(29)30/h9,14H,1-5,18H2,(H,20,31)(H,29,30)(H,33,34)(H2,19,21,24)/b23-8+/t9?,14-/m1/s1. The van der Waals surface area contributed by atoms with Crippen molar-refractivity contribution in [1.82, 2.24) is 39.8 Å². The predicted molar refractivity (Wildman–Crippen MR) is 132 cm³/mol. The molecule has 1 unspecified atom stereocenters. The number of β-lactam (4-membered cyclic amide) rings is 1. The molecule has 2 aromatic heterocycles. The maximum Gasteiger partial charge on any atom is 0.352 e. The van der Waals surface area contributed by atoms with Crippen molar-refractivity contribution in [3.8, 4) is 0 Å². The van der Waals surface area contributed by atoms with Crippen molar-refractivity contribution in [3.63, 3.8) is 0 Å². The van der Waals surface area contributed by atoms with Crippen LogP contribution in [0.4, 0.5) is 5.13 Å². The Kier molecular flexibility index (Phi) is 8.38. The van der Waals surface area contributed by atoms with Crippen LogP contribution in [-0.4, -0.2) is 110 Å². The molecule has 0 aliphatic carbocycles. The van der Waals surface area contributed by atoms with E-state index in [0.717, 1.165) is 32.9 Å². The van der Waals surface area contributed by atoms with Crippen molar-refractivity contribution in [1.29, 1.82) is 0 Å². The number of carboxylic acids is 2. The lowest BCUT2D eigenvalue weighted by Crippen LogP contribution is -2.71. The van der Waals surface area contributed by atoms with Crippen LogP contribution in [0.2, 0.25) is 0 Å². The Morgan fingerprint density at radius 3 is 2.76 bits per heavy atom. The summed E-state index contributed by atoms with van der Waals surface area (Å²) < 4.78 is 5.01. The fraction of sp³-hybridized carbons (Fsp3) is 0.412. The van der Waals surface area contributed by atoms with Gasteiger partial charge in [-0.3, -0.25) is 19.3 Å². The number of aromatic nitrogens is 6. The summed E-state index contributed by atoms with van der Waals surface area (Å²) in [5.41, 5.74) is 10.8. The zero-order chi connectivity index (χ0) is 27.4. The molecule has 0 spiro atoms. The van der Waals surface area contributed by atoms with Crippen LogP contribution in [-0.2, 0) is 30.6 Å². The third-order valence-corrected chi connectivity index (χ3v) is 7.86. The van der Waals surface area contributed by atoms with Crippen LogP contribution in [0.25, 0.3) is 0 Å². The van der Waals surface area contributed by atoms with Gasteiger partial charge in [0.25, 0.3) is 11.8 Å². The molecular formula is C17H19N11O7S3. The maximum atomic E-state index is 13.0. The van der Waals surface area contributed by atoms with E-state index in [9.17, 15) is 24.3 Å². The van der Waals surface area contributed by atoms with Crippen molar-refractivity contribution in [2.24, 2.45) is 10.9 Å². The third kappa shape index (κ3) is 5.69. The number of nitrogens with zero attached hydrogens (tertiary/aromatic N) is 8. The molecule has 1 saturated heterocycles. The van der Waals surface area contributed by atoms with Gasteiger partial charge in [0.2, 0.25) is 16.7 Å². The lowest BCUT2D eigenvalue weighted by molar-refractivity contribution is -0.150. The van der Waals surface area contributed by atoms with Crippen molar-refractivity contribution < 1.29 is 34.2 Å². The number of hydrogen-bond acceptors (Lipinski definition) is 16. The highest BCUT2D eigenvalue weighted by molar-refractivity contribution is 8.01. The summed E-state index contributed by atoms with van der Waals surface area (Å²) in [6.07, 6.45) is 0. The molecule has 18 nitrogen and oxygen atoms in total. The third-order valence-electron chi connectivity index (χ3n) is 4.93. The number of carboxylic acid groups (broad SMARTS) is 2. The lowest BCUT2D eigenvalue weighted by atomic mass is 10.0. The number of thioether (sulfide) groups is 2. The highest BCUT2D eigenvalue weighted by Gasteiger charge is 2.54. The van der Waals surface area contributed by atoms with E-state index in [-0.39, 0.29) is 52.2 Å². The highest BCUT2D eigenvalue weighted by Crippen LogP contribution is 2.41. The molecule has 1 fully saturated rings. The van der Waals surface area contributed by atoms with Crippen molar-refractivity contribution in [3.05, 3.63) is 17.1 Å². The van der Waals surface area contributed by atoms with Crippen LogP contribution in [0, 0.1) is 0 Å². The number of rotatable bonds is 12. The quantitative estimate of drug-likeness (QED) is 0.0561. The second-order valence-corrected chi connectivity index (χ2v) is 10.3. The number of anilines is 1. The smallest absolute Gasteiger partial charge is 0.352 e. The number of carbonyl (C=O) groups excluding carboxylic acids is 2. The summed E-state index contributed by atoms with van der Waals surface area (Å²) >= 11 is 3.12. The van der Waals surface area contributed by atoms with Crippen molar-refractivity contribution >= 4 is 69.7 Å². The van der Waals surface area contributed by atoms with Gasteiger partial charge in [0, 0.05) is 29.6 Å². The minimum atomic E-state index is -1.33. The molecule has 2 aromatic rings. The van der Waals surface area contributed by atoms with E-state index in [1.807, 2.05) is 0 Å². The molecule has 38 heavy (non-hydrogen) atoms. The topological polar surface area (TPSA) is 267 Å². The molecule has 0 radical (unpaired) electrons. The molecule has 0 saturated carbocycles. The summed E-state index contributed by atoms with van der Waals surface area (Å²) in [6, 6.07) is -1.05. The number of hydrogen-bond donors (Lipinski definition) is 5. The van der Waals surface area contributed by atoms with Gasteiger partial charge in [-0.2, -0.15) is 9.36 Å². The first-order chi connectivity index (χ1) is 18.2. The first kappa shape index (κ1) is 27.2. The Bertz CT molecular complexity index is 1330. The largest absolute Gasteiger partial charge is 0.480 e. The molecule has 4 heterocycles. The molecule has 2 aliphatic rings. The van der Waals surface area contributed by atoms with E-state index in [2.05, 4.69) is 35.4 Å². The molecule has 0 bridgehead atoms. The maximum absolute atomic E-state index is 13.0. The second kappa shape index (κ2) is 11.7. The molecule has 4 rings (SSSR count). The fourth-order valence-electron chi connectivity index (χ4n) is 3.36.